The normalized spacial score (nSPS) is 14.4. The Morgan fingerprint density at radius 2 is 1.93 bits per heavy atom. The number of hydrogen-bond donors (Lipinski definition) is 0. The molecule has 2 heterocycles. The number of piperazine rings is 1. The molecule has 7 nitrogen and oxygen atoms in total. The maximum Gasteiger partial charge on any atom is 0.236 e. The fourth-order valence-corrected chi connectivity index (χ4v) is 3.25. The van der Waals surface area contributed by atoms with Crippen LogP contribution in [0, 0.1) is 5.82 Å². The summed E-state index contributed by atoms with van der Waals surface area (Å²) in [6.07, 6.45) is 3.45. The molecule has 0 radical (unpaired) electrons. The molecule has 2 aromatic rings. The standard InChI is InChI=1S/C20H26FN5O2/c1-3-24(14-16-5-6-18(28-2)17(21)13-16)15-19(27)25-9-11-26(12-10-25)20-22-7-4-8-23-20/h4-8,13H,3,9-12,14-15H2,1-2H3. The Morgan fingerprint density at radius 3 is 2.54 bits per heavy atom. The lowest BCUT2D eigenvalue weighted by Gasteiger charge is -2.35. The van der Waals surface area contributed by atoms with Crippen molar-refractivity contribution >= 4 is 11.9 Å². The van der Waals surface area contributed by atoms with Crippen LogP contribution in [0.15, 0.2) is 36.7 Å². The van der Waals surface area contributed by atoms with Gasteiger partial charge in [-0.25, -0.2) is 14.4 Å². The fourth-order valence-electron chi connectivity index (χ4n) is 3.25. The van der Waals surface area contributed by atoms with Gasteiger partial charge in [0.1, 0.15) is 0 Å². The van der Waals surface area contributed by atoms with Gasteiger partial charge in [-0.1, -0.05) is 13.0 Å². The third kappa shape index (κ3) is 4.95. The Kier molecular flexibility index (Phi) is 6.76. The van der Waals surface area contributed by atoms with Gasteiger partial charge < -0.3 is 14.5 Å². The molecule has 0 bridgehead atoms. The number of ether oxygens (including phenoxy) is 1. The van der Waals surface area contributed by atoms with Gasteiger partial charge in [-0.2, -0.15) is 0 Å². The Labute approximate surface area is 164 Å². The third-order valence-electron chi connectivity index (χ3n) is 4.90. The molecule has 1 fully saturated rings. The highest BCUT2D eigenvalue weighted by Crippen LogP contribution is 2.19. The summed E-state index contributed by atoms with van der Waals surface area (Å²) in [6, 6.07) is 6.70. The van der Waals surface area contributed by atoms with E-state index in [0.29, 0.717) is 51.8 Å². The predicted octanol–water partition coefficient (Wildman–Crippen LogP) is 1.79. The SMILES string of the molecule is CCN(CC(=O)N1CCN(c2ncccn2)CC1)Cc1ccc(OC)c(F)c1. The Morgan fingerprint density at radius 1 is 1.21 bits per heavy atom. The zero-order chi connectivity index (χ0) is 19.9. The molecule has 0 N–H and O–H groups in total. The fraction of sp³-hybridized carbons (Fsp3) is 0.450. The lowest BCUT2D eigenvalue weighted by atomic mass is 10.2. The molecule has 0 spiro atoms. The molecular formula is C20H26FN5O2. The van der Waals surface area contributed by atoms with Crippen molar-refractivity contribution < 1.29 is 13.9 Å². The zero-order valence-electron chi connectivity index (χ0n) is 16.3. The monoisotopic (exact) mass is 387 g/mol. The van der Waals surface area contributed by atoms with Crippen molar-refractivity contribution in [1.29, 1.82) is 0 Å². The van der Waals surface area contributed by atoms with Crippen LogP contribution < -0.4 is 9.64 Å². The number of hydrogen-bond acceptors (Lipinski definition) is 6. The van der Waals surface area contributed by atoms with E-state index >= 15 is 0 Å². The molecule has 0 atom stereocenters. The summed E-state index contributed by atoms with van der Waals surface area (Å²) in [5.74, 6) is 0.626. The van der Waals surface area contributed by atoms with Crippen LogP contribution in [0.25, 0.3) is 0 Å². The van der Waals surface area contributed by atoms with Crippen LogP contribution in [-0.2, 0) is 11.3 Å². The largest absolute Gasteiger partial charge is 0.494 e. The molecule has 1 saturated heterocycles. The summed E-state index contributed by atoms with van der Waals surface area (Å²) >= 11 is 0. The number of anilines is 1. The molecule has 1 aliphatic heterocycles. The van der Waals surface area contributed by atoms with E-state index in [-0.39, 0.29) is 17.5 Å². The smallest absolute Gasteiger partial charge is 0.236 e. The van der Waals surface area contributed by atoms with Crippen molar-refractivity contribution in [3.63, 3.8) is 0 Å². The highest BCUT2D eigenvalue weighted by atomic mass is 19.1. The minimum atomic E-state index is -0.387. The lowest BCUT2D eigenvalue weighted by Crippen LogP contribution is -2.51. The number of benzene rings is 1. The Hall–Kier alpha value is -2.74. The number of rotatable bonds is 7. The molecule has 28 heavy (non-hydrogen) atoms. The maximum absolute atomic E-state index is 13.9. The minimum absolute atomic E-state index is 0.0875. The van der Waals surface area contributed by atoms with Crippen molar-refractivity contribution in [2.45, 2.75) is 13.5 Å². The summed E-state index contributed by atoms with van der Waals surface area (Å²) in [6.45, 7) is 6.25. The van der Waals surface area contributed by atoms with Gasteiger partial charge in [0.05, 0.1) is 13.7 Å². The third-order valence-corrected chi connectivity index (χ3v) is 4.90. The molecule has 3 rings (SSSR count). The number of carbonyl (C=O) groups is 1. The first-order chi connectivity index (χ1) is 13.6. The second kappa shape index (κ2) is 9.45. The van der Waals surface area contributed by atoms with E-state index in [0.717, 1.165) is 5.56 Å². The van der Waals surface area contributed by atoms with Crippen LogP contribution in [0.2, 0.25) is 0 Å². The molecule has 1 amide bonds. The number of likely N-dealkylation sites (N-methyl/N-ethyl adjacent to an activating group) is 1. The number of halogens is 1. The average Bonchev–Trinajstić information content (AvgIpc) is 2.74. The van der Waals surface area contributed by atoms with Crippen LogP contribution >= 0.6 is 0 Å². The maximum atomic E-state index is 13.9. The highest BCUT2D eigenvalue weighted by Gasteiger charge is 2.23. The van der Waals surface area contributed by atoms with E-state index in [1.165, 1.54) is 13.2 Å². The molecular weight excluding hydrogens is 361 g/mol. The second-order valence-corrected chi connectivity index (χ2v) is 6.69. The van der Waals surface area contributed by atoms with E-state index < -0.39 is 0 Å². The second-order valence-electron chi connectivity index (χ2n) is 6.69. The topological polar surface area (TPSA) is 61.8 Å². The number of aromatic nitrogens is 2. The van der Waals surface area contributed by atoms with Crippen molar-refractivity contribution in [3.05, 3.63) is 48.0 Å². The number of methoxy groups -OCH3 is 1. The van der Waals surface area contributed by atoms with Gasteiger partial charge in [-0.15, -0.1) is 0 Å². The summed E-state index contributed by atoms with van der Waals surface area (Å²) in [4.78, 5) is 27.2. The quantitative estimate of drug-likeness (QED) is 0.722. The zero-order valence-corrected chi connectivity index (χ0v) is 16.3. The van der Waals surface area contributed by atoms with Crippen molar-refractivity contribution in [1.82, 2.24) is 19.8 Å². The van der Waals surface area contributed by atoms with Gasteiger partial charge in [0, 0.05) is 45.1 Å². The molecule has 1 aromatic heterocycles. The predicted molar refractivity (Wildman–Crippen MR) is 105 cm³/mol. The molecule has 0 aliphatic carbocycles. The summed E-state index contributed by atoms with van der Waals surface area (Å²) in [7, 11) is 1.44. The summed E-state index contributed by atoms with van der Waals surface area (Å²) in [5, 5.41) is 0. The number of carbonyl (C=O) groups excluding carboxylic acids is 1. The van der Waals surface area contributed by atoms with Crippen LogP contribution in [-0.4, -0.2) is 72.1 Å². The van der Waals surface area contributed by atoms with Gasteiger partial charge in [0.15, 0.2) is 11.6 Å². The van der Waals surface area contributed by atoms with E-state index in [2.05, 4.69) is 14.9 Å². The summed E-state index contributed by atoms with van der Waals surface area (Å²) < 4.78 is 18.9. The van der Waals surface area contributed by atoms with Crippen LogP contribution in [0.1, 0.15) is 12.5 Å². The molecule has 8 heteroatoms. The molecule has 0 unspecified atom stereocenters. The molecule has 1 aliphatic rings. The van der Waals surface area contributed by atoms with Gasteiger partial charge in [-0.3, -0.25) is 9.69 Å². The van der Waals surface area contributed by atoms with Crippen molar-refractivity contribution in [2.75, 3.05) is 51.3 Å². The molecule has 1 aromatic carbocycles. The van der Waals surface area contributed by atoms with Gasteiger partial charge in [0.25, 0.3) is 0 Å². The first-order valence-corrected chi connectivity index (χ1v) is 9.45. The summed E-state index contributed by atoms with van der Waals surface area (Å²) in [5.41, 5.74) is 0.819. The average molecular weight is 387 g/mol. The minimum Gasteiger partial charge on any atom is -0.494 e. The van der Waals surface area contributed by atoms with Crippen LogP contribution in [0.5, 0.6) is 5.75 Å². The van der Waals surface area contributed by atoms with Gasteiger partial charge in [-0.05, 0) is 30.3 Å². The Balaban J connectivity index is 1.52. The number of nitrogens with zero attached hydrogens (tertiary/aromatic N) is 5. The van der Waals surface area contributed by atoms with Gasteiger partial charge in [0.2, 0.25) is 11.9 Å². The van der Waals surface area contributed by atoms with E-state index in [9.17, 15) is 9.18 Å². The van der Waals surface area contributed by atoms with E-state index in [4.69, 9.17) is 4.74 Å². The van der Waals surface area contributed by atoms with Gasteiger partial charge >= 0.3 is 0 Å². The molecule has 0 saturated carbocycles. The first kappa shape index (κ1) is 20.0. The lowest BCUT2D eigenvalue weighted by molar-refractivity contribution is -0.132. The first-order valence-electron chi connectivity index (χ1n) is 9.45. The molecule has 150 valence electrons. The van der Waals surface area contributed by atoms with E-state index in [1.54, 1.807) is 24.5 Å². The van der Waals surface area contributed by atoms with Crippen LogP contribution in [0.4, 0.5) is 10.3 Å². The van der Waals surface area contributed by atoms with E-state index in [1.807, 2.05) is 22.8 Å². The van der Waals surface area contributed by atoms with Crippen LogP contribution in [0.3, 0.4) is 0 Å². The number of amides is 1. The Bertz CT molecular complexity index is 781. The van der Waals surface area contributed by atoms with Crippen molar-refractivity contribution in [3.8, 4) is 5.75 Å². The van der Waals surface area contributed by atoms with Crippen molar-refractivity contribution in [2.24, 2.45) is 0 Å². The highest BCUT2D eigenvalue weighted by molar-refractivity contribution is 5.78.